The molecule has 0 bridgehead atoms. The van der Waals surface area contributed by atoms with E-state index in [1.54, 1.807) is 12.1 Å². The van der Waals surface area contributed by atoms with Gasteiger partial charge in [-0.3, -0.25) is 9.69 Å². The van der Waals surface area contributed by atoms with Gasteiger partial charge in [0, 0.05) is 25.2 Å². The molecule has 5 heteroatoms. The molecule has 4 rings (SSSR count). The molecule has 0 aliphatic carbocycles. The van der Waals surface area contributed by atoms with Crippen molar-refractivity contribution < 1.29 is 9.90 Å². The summed E-state index contributed by atoms with van der Waals surface area (Å²) in [5.41, 5.74) is 2.95. The van der Waals surface area contributed by atoms with Crippen molar-refractivity contribution in [1.82, 2.24) is 15.1 Å². The molecule has 0 aromatic heterocycles. The van der Waals surface area contributed by atoms with Crippen molar-refractivity contribution in [3.05, 3.63) is 108 Å². The van der Waals surface area contributed by atoms with Gasteiger partial charge >= 0.3 is 0 Å². The molecule has 1 amide bonds. The molecule has 2 N–H and O–H groups in total. The van der Waals surface area contributed by atoms with Crippen LogP contribution in [0.2, 0.25) is 0 Å². The molecule has 0 radical (unpaired) electrons. The molecular weight excluding hydrogens is 446 g/mol. The Kier molecular flexibility index (Phi) is 8.57. The molecule has 0 saturated carbocycles. The molecular formula is C31H39N3O2. The lowest BCUT2D eigenvalue weighted by atomic mass is 9.75. The Hall–Kier alpha value is -2.99. The lowest BCUT2D eigenvalue weighted by Gasteiger charge is -2.44. The van der Waals surface area contributed by atoms with E-state index in [0.29, 0.717) is 18.0 Å². The molecule has 0 spiro atoms. The number of piperidine rings is 1. The number of carbonyl (C=O) groups excluding carboxylic acids is 1. The number of amides is 1. The van der Waals surface area contributed by atoms with Crippen LogP contribution in [0.3, 0.4) is 0 Å². The van der Waals surface area contributed by atoms with E-state index in [9.17, 15) is 9.90 Å². The minimum Gasteiger partial charge on any atom is -0.390 e. The van der Waals surface area contributed by atoms with Crippen LogP contribution in [-0.2, 0) is 5.54 Å². The number of benzene rings is 3. The summed E-state index contributed by atoms with van der Waals surface area (Å²) in [5.74, 6) is 0.262. The van der Waals surface area contributed by atoms with Crippen LogP contribution < -0.4 is 5.32 Å². The number of nitrogens with one attached hydrogen (secondary N) is 1. The minimum atomic E-state index is -0.583. The van der Waals surface area contributed by atoms with E-state index < -0.39 is 6.10 Å². The number of aliphatic hydroxyl groups excluding tert-OH is 1. The number of hydrogen-bond donors (Lipinski definition) is 2. The topological polar surface area (TPSA) is 55.8 Å². The maximum absolute atomic E-state index is 12.6. The lowest BCUT2D eigenvalue weighted by molar-refractivity contribution is 0.0290. The van der Waals surface area contributed by atoms with Crippen molar-refractivity contribution in [2.75, 3.05) is 33.7 Å². The van der Waals surface area contributed by atoms with Crippen LogP contribution in [0.1, 0.15) is 41.3 Å². The van der Waals surface area contributed by atoms with Crippen molar-refractivity contribution in [2.24, 2.45) is 5.92 Å². The standard InChI is InChI=1S/C31H39N3O2/c1-24(21-31(33(2)3,26-15-9-5-10-16-26)27-17-11-6-12-18-27)22-34-20-19-28(29(35)23-34)32-30(36)25-13-7-4-8-14-25/h4-18,24,28-29,35H,19-23H2,1-3H3,(H,32,36)/t24?,28-,29-/m0/s1. The second-order valence-corrected chi connectivity index (χ2v) is 10.4. The highest BCUT2D eigenvalue weighted by atomic mass is 16.3. The molecule has 36 heavy (non-hydrogen) atoms. The average Bonchev–Trinajstić information content (AvgIpc) is 2.90. The average molecular weight is 486 g/mol. The van der Waals surface area contributed by atoms with E-state index in [1.165, 1.54) is 11.1 Å². The summed E-state index contributed by atoms with van der Waals surface area (Å²) < 4.78 is 0. The van der Waals surface area contributed by atoms with E-state index in [2.05, 4.69) is 96.8 Å². The predicted molar refractivity (Wildman–Crippen MR) is 146 cm³/mol. The third-order valence-electron chi connectivity index (χ3n) is 7.50. The first-order valence-electron chi connectivity index (χ1n) is 12.9. The van der Waals surface area contributed by atoms with Gasteiger partial charge in [0.15, 0.2) is 0 Å². The van der Waals surface area contributed by atoms with Crippen LogP contribution in [0.4, 0.5) is 0 Å². The number of carbonyl (C=O) groups is 1. The summed E-state index contributed by atoms with van der Waals surface area (Å²) in [7, 11) is 4.33. The van der Waals surface area contributed by atoms with Crippen LogP contribution >= 0.6 is 0 Å². The van der Waals surface area contributed by atoms with Crippen molar-refractivity contribution in [3.63, 3.8) is 0 Å². The Morgan fingerprint density at radius 3 is 2.00 bits per heavy atom. The SMILES string of the molecule is CC(CN1CC[C@H](NC(=O)c2ccccc2)[C@@H](O)C1)CC(c1ccccc1)(c1ccccc1)N(C)C. The molecule has 5 nitrogen and oxygen atoms in total. The zero-order chi connectivity index (χ0) is 25.5. The van der Waals surface area contributed by atoms with Crippen molar-refractivity contribution in [2.45, 2.75) is 37.5 Å². The quantitative estimate of drug-likeness (QED) is 0.472. The zero-order valence-corrected chi connectivity index (χ0v) is 21.7. The van der Waals surface area contributed by atoms with Crippen LogP contribution in [0.15, 0.2) is 91.0 Å². The Balaban J connectivity index is 1.43. The van der Waals surface area contributed by atoms with E-state index in [-0.39, 0.29) is 17.5 Å². The van der Waals surface area contributed by atoms with Gasteiger partial charge in [0.05, 0.1) is 17.7 Å². The van der Waals surface area contributed by atoms with Gasteiger partial charge in [-0.15, -0.1) is 0 Å². The second kappa shape index (κ2) is 11.8. The van der Waals surface area contributed by atoms with E-state index in [0.717, 1.165) is 25.9 Å². The van der Waals surface area contributed by atoms with Gasteiger partial charge in [-0.05, 0) is 56.1 Å². The van der Waals surface area contributed by atoms with Crippen LogP contribution in [0.5, 0.6) is 0 Å². The third kappa shape index (κ3) is 5.86. The summed E-state index contributed by atoms with van der Waals surface area (Å²) in [6.07, 6.45) is 1.11. The zero-order valence-electron chi connectivity index (χ0n) is 21.7. The first-order valence-corrected chi connectivity index (χ1v) is 12.9. The molecule has 1 fully saturated rings. The molecule has 3 aromatic rings. The van der Waals surface area contributed by atoms with E-state index in [1.807, 2.05) is 18.2 Å². The highest BCUT2D eigenvalue weighted by molar-refractivity contribution is 5.94. The number of likely N-dealkylation sites (tertiary alicyclic amines) is 1. The minimum absolute atomic E-state index is 0.122. The fraction of sp³-hybridized carbons (Fsp3) is 0.387. The maximum atomic E-state index is 12.6. The van der Waals surface area contributed by atoms with Crippen LogP contribution in [0.25, 0.3) is 0 Å². The molecule has 1 heterocycles. The number of β-amino-alcohol motifs (C(OH)–C–C–N with tert-alkyl or cyclic N) is 1. The number of aliphatic hydroxyl groups is 1. The number of rotatable bonds is 9. The van der Waals surface area contributed by atoms with Crippen molar-refractivity contribution in [1.29, 1.82) is 0 Å². The lowest BCUT2D eigenvalue weighted by Crippen LogP contribution is -2.55. The van der Waals surface area contributed by atoms with Crippen molar-refractivity contribution >= 4 is 5.91 Å². The largest absolute Gasteiger partial charge is 0.390 e. The summed E-state index contributed by atoms with van der Waals surface area (Å²) in [6, 6.07) is 30.5. The Morgan fingerprint density at radius 1 is 0.972 bits per heavy atom. The predicted octanol–water partition coefficient (Wildman–Crippen LogP) is 4.38. The summed E-state index contributed by atoms with van der Waals surface area (Å²) in [6.45, 7) is 4.62. The molecule has 190 valence electrons. The summed E-state index contributed by atoms with van der Waals surface area (Å²) in [4.78, 5) is 17.3. The van der Waals surface area contributed by atoms with Gasteiger partial charge in [-0.2, -0.15) is 0 Å². The first-order chi connectivity index (χ1) is 17.4. The van der Waals surface area contributed by atoms with Gasteiger partial charge < -0.3 is 15.3 Å². The Morgan fingerprint density at radius 2 is 1.50 bits per heavy atom. The monoisotopic (exact) mass is 485 g/mol. The van der Waals surface area contributed by atoms with Gasteiger partial charge in [-0.25, -0.2) is 0 Å². The highest BCUT2D eigenvalue weighted by Crippen LogP contribution is 2.40. The molecule has 1 unspecified atom stereocenters. The third-order valence-corrected chi connectivity index (χ3v) is 7.50. The number of hydrogen-bond acceptors (Lipinski definition) is 4. The van der Waals surface area contributed by atoms with E-state index >= 15 is 0 Å². The summed E-state index contributed by atoms with van der Waals surface area (Å²) >= 11 is 0. The highest BCUT2D eigenvalue weighted by Gasteiger charge is 2.39. The first kappa shape index (κ1) is 26.1. The fourth-order valence-electron chi connectivity index (χ4n) is 5.71. The Labute approximate surface area is 215 Å². The molecule has 1 aliphatic rings. The van der Waals surface area contributed by atoms with Crippen LogP contribution in [0, 0.1) is 5.92 Å². The molecule has 3 aromatic carbocycles. The molecule has 1 saturated heterocycles. The second-order valence-electron chi connectivity index (χ2n) is 10.4. The normalized spacial score (nSPS) is 19.7. The number of nitrogens with zero attached hydrogens (tertiary/aromatic N) is 2. The Bertz CT molecular complexity index is 1050. The van der Waals surface area contributed by atoms with Crippen LogP contribution in [-0.4, -0.2) is 66.7 Å². The smallest absolute Gasteiger partial charge is 0.251 e. The molecule has 3 atom stereocenters. The van der Waals surface area contributed by atoms with Gasteiger partial charge in [0.2, 0.25) is 0 Å². The van der Waals surface area contributed by atoms with Crippen molar-refractivity contribution in [3.8, 4) is 0 Å². The van der Waals surface area contributed by atoms with Gasteiger partial charge in [0.25, 0.3) is 5.91 Å². The maximum Gasteiger partial charge on any atom is 0.251 e. The van der Waals surface area contributed by atoms with Gasteiger partial charge in [-0.1, -0.05) is 85.8 Å². The summed E-state index contributed by atoms with van der Waals surface area (Å²) in [5, 5.41) is 13.9. The van der Waals surface area contributed by atoms with E-state index in [4.69, 9.17) is 0 Å². The molecule has 1 aliphatic heterocycles. The van der Waals surface area contributed by atoms with Gasteiger partial charge in [0.1, 0.15) is 0 Å². The fourth-order valence-corrected chi connectivity index (χ4v) is 5.71.